The molecule has 8 heteroatoms. The van der Waals surface area contributed by atoms with Crippen LogP contribution in [0.25, 0.3) is 21.6 Å². The van der Waals surface area contributed by atoms with E-state index in [0.717, 1.165) is 43.7 Å². The molecule has 2 aliphatic heterocycles. The second-order valence-electron chi connectivity index (χ2n) is 10.4. The molecule has 0 N–H and O–H groups in total. The Hall–Kier alpha value is -2.52. The largest absolute Gasteiger partial charge is 0.281 e. The predicted molar refractivity (Wildman–Crippen MR) is 155 cm³/mol. The molecule has 0 saturated carbocycles. The fourth-order valence-electron chi connectivity index (χ4n) is 4.31. The predicted octanol–water partition coefficient (Wildman–Crippen LogP) is 6.35. The quantitative estimate of drug-likeness (QED) is 0.290. The minimum atomic E-state index is -0.0498. The molecule has 0 bridgehead atoms. The minimum Gasteiger partial charge on any atom is -0.281 e. The third-order valence-corrected chi connectivity index (χ3v) is 10.8. The maximum Gasteiger partial charge on any atom is 0.229 e. The molecular weight excluding hydrogens is 537 g/mol. The van der Waals surface area contributed by atoms with Crippen LogP contribution in [0.1, 0.15) is 60.7 Å². The van der Waals surface area contributed by atoms with Crippen LogP contribution in [0.5, 0.6) is 0 Å². The van der Waals surface area contributed by atoms with Gasteiger partial charge in [0.15, 0.2) is 0 Å². The standard InChI is InChI=1S/C29H24N2O2S4/c1-14(2)15-6-8-16(9-7-15)17-10-11-18(34-17)21-23-25(36-27(21)32)31-24-22(28(33)37-26(24)30-23)19-12-13-20(35-19)29(3,4)5/h6-14H,1-5H3. The van der Waals surface area contributed by atoms with Gasteiger partial charge in [0, 0.05) is 19.5 Å². The Bertz CT molecular complexity index is 1720. The molecule has 0 amide bonds. The molecule has 0 radical (unpaired) electrons. The Balaban J connectivity index is 1.44. The number of carbonyl (C=O) groups is 2. The summed E-state index contributed by atoms with van der Waals surface area (Å²) in [7, 11) is 0. The lowest BCUT2D eigenvalue weighted by Crippen LogP contribution is -2.23. The molecule has 37 heavy (non-hydrogen) atoms. The molecule has 0 saturated heterocycles. The molecule has 4 aromatic rings. The molecule has 1 aromatic carbocycles. The zero-order valence-corrected chi connectivity index (χ0v) is 24.3. The van der Waals surface area contributed by atoms with Crippen LogP contribution < -0.4 is 10.7 Å². The van der Waals surface area contributed by atoms with E-state index in [1.165, 1.54) is 10.4 Å². The lowest BCUT2D eigenvalue weighted by Gasteiger charge is -2.15. The molecular formula is C29H24N2O2S4. The maximum absolute atomic E-state index is 13.1. The van der Waals surface area contributed by atoms with Gasteiger partial charge in [-0.25, -0.2) is 9.97 Å². The highest BCUT2D eigenvalue weighted by Crippen LogP contribution is 2.39. The molecule has 0 aliphatic carbocycles. The number of aromatic nitrogens is 2. The molecule has 5 heterocycles. The van der Waals surface area contributed by atoms with E-state index in [1.54, 1.807) is 22.7 Å². The van der Waals surface area contributed by atoms with Crippen LogP contribution in [0.15, 0.2) is 58.6 Å². The van der Waals surface area contributed by atoms with Gasteiger partial charge in [0.05, 0.1) is 11.1 Å². The van der Waals surface area contributed by atoms with Crippen molar-refractivity contribution in [3.63, 3.8) is 0 Å². The van der Waals surface area contributed by atoms with Gasteiger partial charge in [-0.2, -0.15) is 0 Å². The number of carbonyl (C=O) groups excluding carboxylic acids is 2. The van der Waals surface area contributed by atoms with Gasteiger partial charge in [0.1, 0.15) is 20.8 Å². The summed E-state index contributed by atoms with van der Waals surface area (Å²) < 4.78 is 0. The van der Waals surface area contributed by atoms with Crippen molar-refractivity contribution < 1.29 is 9.59 Å². The van der Waals surface area contributed by atoms with Crippen molar-refractivity contribution in [2.45, 2.75) is 56.0 Å². The maximum atomic E-state index is 13.1. The molecule has 0 spiro atoms. The smallest absolute Gasteiger partial charge is 0.229 e. The highest BCUT2D eigenvalue weighted by atomic mass is 32.2. The average Bonchev–Trinajstić information content (AvgIpc) is 3.61. The van der Waals surface area contributed by atoms with Crippen LogP contribution >= 0.6 is 46.2 Å². The van der Waals surface area contributed by atoms with E-state index in [-0.39, 0.29) is 15.6 Å². The highest BCUT2D eigenvalue weighted by molar-refractivity contribution is 8.15. The van der Waals surface area contributed by atoms with E-state index in [1.807, 2.05) is 12.1 Å². The topological polar surface area (TPSA) is 59.9 Å². The number of hydrogen-bond acceptors (Lipinski definition) is 8. The van der Waals surface area contributed by atoms with E-state index < -0.39 is 0 Å². The van der Waals surface area contributed by atoms with Crippen molar-refractivity contribution in [1.29, 1.82) is 0 Å². The summed E-state index contributed by atoms with van der Waals surface area (Å²) in [5, 5.41) is 2.25. The number of thioether (sulfide) groups is 2. The second-order valence-corrected chi connectivity index (χ2v) is 14.5. The van der Waals surface area contributed by atoms with Gasteiger partial charge < -0.3 is 0 Å². The molecule has 2 aliphatic rings. The van der Waals surface area contributed by atoms with Crippen LogP contribution in [0.2, 0.25) is 0 Å². The molecule has 186 valence electrons. The number of hydrogen-bond donors (Lipinski definition) is 0. The SMILES string of the molecule is CC(C)c1ccc(-c2ccc(C3=c4nc5c(nc4SC3=O)=C(c3ccc(C(C)(C)C)s3)C(=O)S5)s2)cc1. The summed E-state index contributed by atoms with van der Waals surface area (Å²) in [4.78, 5) is 39.9. The summed E-state index contributed by atoms with van der Waals surface area (Å²) in [6.07, 6.45) is 0. The summed E-state index contributed by atoms with van der Waals surface area (Å²) in [5.41, 5.74) is 3.62. The first-order valence-electron chi connectivity index (χ1n) is 12.0. The van der Waals surface area contributed by atoms with E-state index in [9.17, 15) is 9.59 Å². The van der Waals surface area contributed by atoms with Crippen LogP contribution in [0.4, 0.5) is 0 Å². The van der Waals surface area contributed by atoms with Crippen LogP contribution in [-0.2, 0) is 15.0 Å². The molecule has 6 rings (SSSR count). The van der Waals surface area contributed by atoms with E-state index in [4.69, 9.17) is 9.97 Å². The summed E-state index contributed by atoms with van der Waals surface area (Å²) >= 11 is 5.42. The van der Waals surface area contributed by atoms with Crippen LogP contribution in [0.3, 0.4) is 0 Å². The lowest BCUT2D eigenvalue weighted by atomic mass is 9.95. The van der Waals surface area contributed by atoms with Gasteiger partial charge in [-0.1, -0.05) is 58.9 Å². The number of rotatable bonds is 4. The Kier molecular flexibility index (Phi) is 6.06. The first-order chi connectivity index (χ1) is 17.6. The number of fused-ring (bicyclic) bond motifs is 2. The van der Waals surface area contributed by atoms with Crippen molar-refractivity contribution in [2.24, 2.45) is 0 Å². The van der Waals surface area contributed by atoms with Crippen molar-refractivity contribution in [2.75, 3.05) is 0 Å². The average molecular weight is 561 g/mol. The van der Waals surface area contributed by atoms with Crippen molar-refractivity contribution in [3.05, 3.63) is 79.4 Å². The van der Waals surface area contributed by atoms with Crippen molar-refractivity contribution >= 4 is 67.6 Å². The normalized spacial score (nSPS) is 15.2. The molecule has 0 fully saturated rings. The second kappa shape index (κ2) is 9.05. The molecule has 0 atom stereocenters. The third-order valence-electron chi connectivity index (χ3n) is 6.40. The number of thiophene rings is 2. The summed E-state index contributed by atoms with van der Waals surface area (Å²) in [6.45, 7) is 10.9. The molecule has 4 nitrogen and oxygen atoms in total. The molecule has 0 unspecified atom stereocenters. The van der Waals surface area contributed by atoms with Crippen LogP contribution in [0, 0.1) is 0 Å². The Morgan fingerprint density at radius 1 is 0.676 bits per heavy atom. The van der Waals surface area contributed by atoms with Crippen molar-refractivity contribution in [3.8, 4) is 10.4 Å². The van der Waals surface area contributed by atoms with Crippen LogP contribution in [-0.4, -0.2) is 20.2 Å². The summed E-state index contributed by atoms with van der Waals surface area (Å²) in [5.74, 6) is 0.483. The first-order valence-corrected chi connectivity index (χ1v) is 15.3. The fourth-order valence-corrected chi connectivity index (χ4v) is 8.33. The number of benzene rings is 1. The Labute approximate surface area is 232 Å². The molecule has 3 aromatic heterocycles. The lowest BCUT2D eigenvalue weighted by molar-refractivity contribution is -0.106. The van der Waals surface area contributed by atoms with E-state index in [0.29, 0.717) is 37.8 Å². The van der Waals surface area contributed by atoms with E-state index >= 15 is 0 Å². The monoisotopic (exact) mass is 560 g/mol. The number of nitrogens with zero attached hydrogens (tertiary/aromatic N) is 2. The third kappa shape index (κ3) is 4.34. The van der Waals surface area contributed by atoms with Crippen molar-refractivity contribution in [1.82, 2.24) is 9.97 Å². The minimum absolute atomic E-state index is 0.00682. The van der Waals surface area contributed by atoms with Gasteiger partial charge in [0.25, 0.3) is 0 Å². The van der Waals surface area contributed by atoms with Gasteiger partial charge >= 0.3 is 0 Å². The first kappa shape index (κ1) is 24.8. The Morgan fingerprint density at radius 3 is 1.70 bits per heavy atom. The zero-order chi connectivity index (χ0) is 26.1. The highest BCUT2D eigenvalue weighted by Gasteiger charge is 2.33. The Morgan fingerprint density at radius 2 is 1.19 bits per heavy atom. The van der Waals surface area contributed by atoms with E-state index in [2.05, 4.69) is 71.0 Å². The van der Waals surface area contributed by atoms with Gasteiger partial charge in [-0.15, -0.1) is 22.7 Å². The fraction of sp³-hybridized carbons (Fsp3) is 0.241. The summed E-state index contributed by atoms with van der Waals surface area (Å²) in [6, 6.07) is 16.7. The van der Waals surface area contributed by atoms with Gasteiger partial charge in [-0.3, -0.25) is 9.59 Å². The van der Waals surface area contributed by atoms with Gasteiger partial charge in [-0.05, 0) is 70.2 Å². The van der Waals surface area contributed by atoms with Gasteiger partial charge in [0.2, 0.25) is 10.2 Å². The zero-order valence-electron chi connectivity index (χ0n) is 21.0.